The Labute approximate surface area is 120 Å². The monoisotopic (exact) mass is 292 g/mol. The number of nitrogens with zero attached hydrogens (tertiary/aromatic N) is 1. The summed E-state index contributed by atoms with van der Waals surface area (Å²) in [6, 6.07) is 5.19. The van der Waals surface area contributed by atoms with E-state index in [9.17, 15) is 9.59 Å². The molecular weight excluding hydrogens is 276 g/mol. The fourth-order valence-electron chi connectivity index (χ4n) is 1.70. The number of carbonyl (C=O) groups is 2. The lowest BCUT2D eigenvalue weighted by molar-refractivity contribution is -0.124. The first-order chi connectivity index (χ1) is 9.45. The third-order valence-corrected chi connectivity index (χ3v) is 3.68. The highest BCUT2D eigenvalue weighted by atomic mass is 32.1. The quantitative estimate of drug-likeness (QED) is 0.804. The minimum Gasteiger partial charge on any atom is -0.345 e. The Morgan fingerprint density at radius 3 is 2.75 bits per heavy atom. The van der Waals surface area contributed by atoms with E-state index in [0.29, 0.717) is 5.82 Å². The number of nitrogens with one attached hydrogen (secondary N) is 3. The lowest BCUT2D eigenvalue weighted by Gasteiger charge is -2.10. The van der Waals surface area contributed by atoms with E-state index in [0.717, 1.165) is 10.6 Å². The molecule has 2 amide bonds. The summed E-state index contributed by atoms with van der Waals surface area (Å²) >= 11 is 1.65. The second kappa shape index (κ2) is 5.87. The van der Waals surface area contributed by atoms with Crippen molar-refractivity contribution in [2.75, 3.05) is 5.32 Å². The van der Waals surface area contributed by atoms with Crippen LogP contribution in [0.1, 0.15) is 18.7 Å². The number of thiophene rings is 1. The number of amides is 2. The minimum absolute atomic E-state index is 0.246. The van der Waals surface area contributed by atoms with Gasteiger partial charge in [-0.2, -0.15) is 5.10 Å². The van der Waals surface area contributed by atoms with Crippen LogP contribution in [0.15, 0.2) is 18.2 Å². The van der Waals surface area contributed by atoms with E-state index in [1.807, 2.05) is 19.1 Å². The summed E-state index contributed by atoms with van der Waals surface area (Å²) in [6.45, 7) is 5.02. The van der Waals surface area contributed by atoms with Gasteiger partial charge in [-0.3, -0.25) is 14.7 Å². The van der Waals surface area contributed by atoms with Crippen molar-refractivity contribution in [2.45, 2.75) is 26.8 Å². The van der Waals surface area contributed by atoms with Gasteiger partial charge in [0.05, 0.1) is 10.6 Å². The maximum atomic E-state index is 11.8. The number of aryl methyl sites for hydroxylation is 1. The summed E-state index contributed by atoms with van der Waals surface area (Å²) in [5.74, 6) is -0.113. The molecule has 0 aliphatic carbocycles. The molecule has 0 saturated carbocycles. The van der Waals surface area contributed by atoms with E-state index in [1.54, 1.807) is 24.3 Å². The average molecular weight is 292 g/mol. The molecule has 0 saturated heterocycles. The summed E-state index contributed by atoms with van der Waals surface area (Å²) in [6.07, 6.45) is 0. The molecule has 2 rings (SSSR count). The van der Waals surface area contributed by atoms with Gasteiger partial charge in [-0.25, -0.2) is 0 Å². The fraction of sp³-hybridized carbons (Fsp3) is 0.308. The van der Waals surface area contributed by atoms with Crippen LogP contribution in [0.5, 0.6) is 0 Å². The Kier molecular flexibility index (Phi) is 4.19. The zero-order valence-electron chi connectivity index (χ0n) is 11.5. The molecule has 1 atom stereocenters. The molecule has 6 nitrogen and oxygen atoms in total. The first-order valence-corrected chi connectivity index (χ1v) is 6.97. The van der Waals surface area contributed by atoms with Crippen LogP contribution in [-0.4, -0.2) is 28.1 Å². The molecule has 0 aliphatic heterocycles. The van der Waals surface area contributed by atoms with Crippen LogP contribution in [0, 0.1) is 6.92 Å². The van der Waals surface area contributed by atoms with Crippen LogP contribution in [0.2, 0.25) is 0 Å². The van der Waals surface area contributed by atoms with Gasteiger partial charge in [-0.05, 0) is 26.0 Å². The number of carbonyl (C=O) groups excluding carboxylic acids is 2. The number of aromatic amines is 1. The van der Waals surface area contributed by atoms with E-state index in [4.69, 9.17) is 0 Å². The average Bonchev–Trinajstić information content (AvgIpc) is 2.97. The van der Waals surface area contributed by atoms with Crippen LogP contribution < -0.4 is 10.6 Å². The van der Waals surface area contributed by atoms with Crippen molar-refractivity contribution in [3.05, 3.63) is 23.1 Å². The number of H-pyrrole nitrogens is 1. The van der Waals surface area contributed by atoms with Crippen molar-refractivity contribution in [1.29, 1.82) is 0 Å². The second-order valence-electron chi connectivity index (χ2n) is 4.49. The maximum Gasteiger partial charge on any atom is 0.247 e. The molecule has 0 radical (unpaired) electrons. The molecule has 0 fully saturated rings. The van der Waals surface area contributed by atoms with E-state index >= 15 is 0 Å². The highest BCUT2D eigenvalue weighted by molar-refractivity contribution is 7.15. The topological polar surface area (TPSA) is 86.9 Å². The van der Waals surface area contributed by atoms with Gasteiger partial charge in [0.2, 0.25) is 11.8 Å². The normalized spacial score (nSPS) is 11.9. The lowest BCUT2D eigenvalue weighted by atomic mass is 10.3. The maximum absolute atomic E-state index is 11.8. The molecule has 2 aromatic rings. The molecule has 7 heteroatoms. The molecule has 2 heterocycles. The predicted molar refractivity (Wildman–Crippen MR) is 78.5 cm³/mol. The summed E-state index contributed by atoms with van der Waals surface area (Å²) in [5.41, 5.74) is 0.852. The Bertz CT molecular complexity index is 632. The highest BCUT2D eigenvalue weighted by Gasteiger charge is 2.15. The van der Waals surface area contributed by atoms with Crippen molar-refractivity contribution in [1.82, 2.24) is 15.5 Å². The largest absolute Gasteiger partial charge is 0.345 e. The van der Waals surface area contributed by atoms with Gasteiger partial charge in [0.25, 0.3) is 0 Å². The molecule has 0 aliphatic rings. The second-order valence-corrected chi connectivity index (χ2v) is 5.78. The van der Waals surface area contributed by atoms with E-state index < -0.39 is 6.04 Å². The number of aromatic nitrogens is 2. The minimum atomic E-state index is -0.600. The van der Waals surface area contributed by atoms with Crippen molar-refractivity contribution in [2.24, 2.45) is 0 Å². The molecule has 0 spiro atoms. The van der Waals surface area contributed by atoms with Crippen LogP contribution in [0.3, 0.4) is 0 Å². The fourth-order valence-corrected chi connectivity index (χ4v) is 2.53. The van der Waals surface area contributed by atoms with Gasteiger partial charge >= 0.3 is 0 Å². The number of anilines is 1. The van der Waals surface area contributed by atoms with Crippen LogP contribution in [-0.2, 0) is 9.59 Å². The van der Waals surface area contributed by atoms with E-state index in [2.05, 4.69) is 20.8 Å². The first kappa shape index (κ1) is 14.3. The summed E-state index contributed by atoms with van der Waals surface area (Å²) in [5, 5.41) is 12.1. The first-order valence-electron chi connectivity index (χ1n) is 6.16. The van der Waals surface area contributed by atoms with E-state index in [1.165, 1.54) is 11.8 Å². The van der Waals surface area contributed by atoms with Gasteiger partial charge in [-0.15, -0.1) is 11.3 Å². The molecule has 20 heavy (non-hydrogen) atoms. The van der Waals surface area contributed by atoms with Crippen molar-refractivity contribution >= 4 is 29.0 Å². The standard InChI is InChI=1S/C13H16N4O2S/c1-7-4-5-11(20-7)10-6-12(17-16-10)15-13(19)8(2)14-9(3)18/h4-6,8H,1-3H3,(H,14,18)(H2,15,16,17,19)/t8-/m1/s1. The molecule has 0 unspecified atom stereocenters. The van der Waals surface area contributed by atoms with Crippen LogP contribution in [0.4, 0.5) is 5.82 Å². The molecule has 0 aromatic carbocycles. The predicted octanol–water partition coefficient (Wildman–Crippen LogP) is 1.91. The molecule has 2 aromatic heterocycles. The Morgan fingerprint density at radius 2 is 2.15 bits per heavy atom. The molecule has 0 bridgehead atoms. The number of hydrogen-bond acceptors (Lipinski definition) is 4. The summed E-state index contributed by atoms with van der Waals surface area (Å²) in [4.78, 5) is 25.0. The number of rotatable bonds is 4. The third-order valence-electron chi connectivity index (χ3n) is 2.65. The summed E-state index contributed by atoms with van der Waals surface area (Å²) < 4.78 is 0. The SMILES string of the molecule is CC(=O)N[C@H](C)C(=O)Nc1cc(-c2ccc(C)s2)[nH]n1. The summed E-state index contributed by atoms with van der Waals surface area (Å²) in [7, 11) is 0. The van der Waals surface area contributed by atoms with Crippen LogP contribution in [0.25, 0.3) is 10.6 Å². The van der Waals surface area contributed by atoms with Crippen molar-refractivity contribution < 1.29 is 9.59 Å². The zero-order valence-corrected chi connectivity index (χ0v) is 12.3. The molecule has 106 valence electrons. The highest BCUT2D eigenvalue weighted by Crippen LogP contribution is 2.27. The smallest absolute Gasteiger partial charge is 0.247 e. The van der Waals surface area contributed by atoms with Gasteiger partial charge in [0.15, 0.2) is 5.82 Å². The van der Waals surface area contributed by atoms with Crippen LogP contribution >= 0.6 is 11.3 Å². The lowest BCUT2D eigenvalue weighted by Crippen LogP contribution is -2.40. The molecular formula is C13H16N4O2S. The van der Waals surface area contributed by atoms with Gasteiger partial charge in [0, 0.05) is 17.9 Å². The molecule has 3 N–H and O–H groups in total. The van der Waals surface area contributed by atoms with Crippen molar-refractivity contribution in [3.8, 4) is 10.6 Å². The Hall–Kier alpha value is -2.15. The zero-order chi connectivity index (χ0) is 14.7. The van der Waals surface area contributed by atoms with Gasteiger partial charge < -0.3 is 10.6 Å². The van der Waals surface area contributed by atoms with Crippen molar-refractivity contribution in [3.63, 3.8) is 0 Å². The number of hydrogen-bond donors (Lipinski definition) is 3. The Balaban J connectivity index is 2.03. The van der Waals surface area contributed by atoms with Gasteiger partial charge in [0.1, 0.15) is 6.04 Å². The Morgan fingerprint density at radius 1 is 1.40 bits per heavy atom. The third kappa shape index (κ3) is 3.45. The van der Waals surface area contributed by atoms with E-state index in [-0.39, 0.29) is 11.8 Å². The van der Waals surface area contributed by atoms with Gasteiger partial charge in [-0.1, -0.05) is 0 Å².